The monoisotopic (exact) mass is 396 g/mol. The van der Waals surface area contributed by atoms with Gasteiger partial charge in [0.1, 0.15) is 11.8 Å². The van der Waals surface area contributed by atoms with Gasteiger partial charge in [0, 0.05) is 0 Å². The van der Waals surface area contributed by atoms with Crippen molar-refractivity contribution < 1.29 is 23.5 Å². The second kappa shape index (κ2) is 6.74. The van der Waals surface area contributed by atoms with Gasteiger partial charge in [-0.15, -0.1) is 0 Å². The summed E-state index contributed by atoms with van der Waals surface area (Å²) in [6, 6.07) is 1.50. The van der Waals surface area contributed by atoms with Crippen molar-refractivity contribution in [3.63, 3.8) is 0 Å². The number of aryl methyl sites for hydroxylation is 2. The van der Waals surface area contributed by atoms with Crippen molar-refractivity contribution in [3.05, 3.63) is 50.6 Å². The first-order valence-electron chi connectivity index (χ1n) is 7.67. The molecule has 1 aromatic carbocycles. The highest BCUT2D eigenvalue weighted by atomic mass is 35.5. The van der Waals surface area contributed by atoms with Crippen LogP contribution in [0.15, 0.2) is 16.5 Å². The zero-order chi connectivity index (χ0) is 19.2. The average Bonchev–Trinajstić information content (AvgIpc) is 3.03. The van der Waals surface area contributed by atoms with Gasteiger partial charge < -0.3 is 9.15 Å². The molecule has 0 aliphatic carbocycles. The van der Waals surface area contributed by atoms with Crippen LogP contribution in [0.5, 0.6) is 0 Å². The molecule has 0 unspecified atom stereocenters. The first kappa shape index (κ1) is 18.4. The molecule has 26 heavy (non-hydrogen) atoms. The molecule has 0 fully saturated rings. The van der Waals surface area contributed by atoms with Crippen molar-refractivity contribution in [2.45, 2.75) is 33.4 Å². The summed E-state index contributed by atoms with van der Waals surface area (Å²) in [6.45, 7) is 4.71. The lowest BCUT2D eigenvalue weighted by atomic mass is 10.1. The third kappa shape index (κ3) is 3.08. The predicted molar refractivity (Wildman–Crippen MR) is 92.2 cm³/mol. The quantitative estimate of drug-likeness (QED) is 0.581. The van der Waals surface area contributed by atoms with E-state index < -0.39 is 23.8 Å². The number of esters is 1. The first-order valence-corrected chi connectivity index (χ1v) is 8.42. The molecule has 0 radical (unpaired) electrons. The smallest absolute Gasteiger partial charge is 0.329 e. The van der Waals surface area contributed by atoms with Crippen molar-refractivity contribution >= 4 is 41.0 Å². The molecular formula is C17H14Cl2N2O5. The number of aromatic nitrogens is 1. The molecule has 136 valence electrons. The number of amides is 2. The Kier molecular flexibility index (Phi) is 4.77. The van der Waals surface area contributed by atoms with Gasteiger partial charge >= 0.3 is 5.97 Å². The van der Waals surface area contributed by atoms with Gasteiger partial charge in [-0.3, -0.25) is 14.5 Å². The maximum Gasteiger partial charge on any atom is 0.329 e. The number of benzene rings is 1. The minimum atomic E-state index is -1.13. The Morgan fingerprint density at radius 3 is 2.19 bits per heavy atom. The van der Waals surface area contributed by atoms with Crippen LogP contribution in [0.3, 0.4) is 0 Å². The van der Waals surface area contributed by atoms with Crippen molar-refractivity contribution in [1.82, 2.24) is 9.88 Å². The number of hydrogen-bond donors (Lipinski definition) is 0. The summed E-state index contributed by atoms with van der Waals surface area (Å²) >= 11 is 11.8. The molecule has 1 aliphatic rings. The fraction of sp³-hybridized carbons (Fsp3) is 0.294. The van der Waals surface area contributed by atoms with E-state index in [-0.39, 0.29) is 33.7 Å². The SMILES string of the molecule is Cc1nc(COC(=O)[C@H](C)N2C(=O)c3cc(Cl)c(Cl)cc3C2=O)oc1C. The van der Waals surface area contributed by atoms with Gasteiger partial charge in [-0.2, -0.15) is 0 Å². The Morgan fingerprint density at radius 2 is 1.73 bits per heavy atom. The van der Waals surface area contributed by atoms with Gasteiger partial charge in [0.25, 0.3) is 11.8 Å². The lowest BCUT2D eigenvalue weighted by Crippen LogP contribution is -2.43. The van der Waals surface area contributed by atoms with E-state index in [4.69, 9.17) is 32.4 Å². The van der Waals surface area contributed by atoms with E-state index in [0.717, 1.165) is 4.90 Å². The lowest BCUT2D eigenvalue weighted by molar-refractivity contribution is -0.149. The number of ether oxygens (including phenoxy) is 1. The van der Waals surface area contributed by atoms with Crippen LogP contribution in [0.4, 0.5) is 0 Å². The molecule has 0 saturated heterocycles. The number of halogens is 2. The number of nitrogens with zero attached hydrogens (tertiary/aromatic N) is 2. The number of carbonyl (C=O) groups is 3. The third-order valence-electron chi connectivity index (χ3n) is 4.10. The van der Waals surface area contributed by atoms with Crippen LogP contribution in [0.1, 0.15) is 45.0 Å². The summed E-state index contributed by atoms with van der Waals surface area (Å²) in [5.41, 5.74) is 0.893. The second-order valence-corrected chi connectivity index (χ2v) is 6.64. The molecule has 0 spiro atoms. The summed E-state index contributed by atoms with van der Waals surface area (Å²) in [4.78, 5) is 42.2. The fourth-order valence-electron chi connectivity index (χ4n) is 2.56. The van der Waals surface area contributed by atoms with Crippen molar-refractivity contribution in [2.24, 2.45) is 0 Å². The Morgan fingerprint density at radius 1 is 1.19 bits per heavy atom. The summed E-state index contributed by atoms with van der Waals surface area (Å²) < 4.78 is 10.4. The Balaban J connectivity index is 1.75. The number of fused-ring (bicyclic) bond motifs is 1. The highest BCUT2D eigenvalue weighted by Crippen LogP contribution is 2.32. The number of oxazole rings is 1. The van der Waals surface area contributed by atoms with Crippen molar-refractivity contribution in [3.8, 4) is 0 Å². The van der Waals surface area contributed by atoms with Crippen LogP contribution in [-0.2, 0) is 16.1 Å². The molecule has 2 heterocycles. The maximum atomic E-state index is 12.5. The van der Waals surface area contributed by atoms with E-state index in [0.29, 0.717) is 11.5 Å². The zero-order valence-electron chi connectivity index (χ0n) is 14.1. The van der Waals surface area contributed by atoms with Gasteiger partial charge in [-0.05, 0) is 32.9 Å². The van der Waals surface area contributed by atoms with Crippen LogP contribution < -0.4 is 0 Å². The maximum absolute atomic E-state index is 12.5. The van der Waals surface area contributed by atoms with Crippen molar-refractivity contribution in [2.75, 3.05) is 0 Å². The first-order chi connectivity index (χ1) is 12.2. The standard InChI is InChI=1S/C17H14Cl2N2O5/c1-7-9(3)26-14(20-7)6-25-17(24)8(2)21-15(22)10-4-12(18)13(19)5-11(10)16(21)23/h4-5,8H,6H2,1-3H3/t8-/m0/s1. The van der Waals surface area contributed by atoms with Crippen molar-refractivity contribution in [1.29, 1.82) is 0 Å². The van der Waals surface area contributed by atoms with Crippen LogP contribution in [0, 0.1) is 13.8 Å². The summed E-state index contributed by atoms with van der Waals surface area (Å²) in [6.07, 6.45) is 0. The highest BCUT2D eigenvalue weighted by molar-refractivity contribution is 6.43. The van der Waals surface area contributed by atoms with Crippen LogP contribution in [0.2, 0.25) is 10.0 Å². The molecule has 7 nitrogen and oxygen atoms in total. The molecule has 1 aromatic heterocycles. The molecule has 0 bridgehead atoms. The van der Waals surface area contributed by atoms with E-state index in [1.54, 1.807) is 13.8 Å². The van der Waals surface area contributed by atoms with E-state index in [1.165, 1.54) is 19.1 Å². The molecule has 1 atom stereocenters. The molecule has 3 rings (SSSR count). The predicted octanol–water partition coefficient (Wildman–Crippen LogP) is 3.33. The number of rotatable bonds is 4. The topological polar surface area (TPSA) is 89.7 Å². The van der Waals surface area contributed by atoms with E-state index >= 15 is 0 Å². The molecule has 0 N–H and O–H groups in total. The Hall–Kier alpha value is -2.38. The van der Waals surface area contributed by atoms with E-state index in [1.807, 2.05) is 0 Å². The second-order valence-electron chi connectivity index (χ2n) is 5.83. The normalized spacial score (nSPS) is 14.6. The molecule has 0 saturated carbocycles. The Bertz CT molecular complexity index is 877. The van der Waals surface area contributed by atoms with Gasteiger partial charge in [0.2, 0.25) is 5.89 Å². The molecule has 1 aliphatic heterocycles. The number of carbonyl (C=O) groups excluding carboxylic acids is 3. The van der Waals surface area contributed by atoms with Gasteiger partial charge in [-0.25, -0.2) is 9.78 Å². The lowest BCUT2D eigenvalue weighted by Gasteiger charge is -2.20. The van der Waals surface area contributed by atoms with Gasteiger partial charge in [0.15, 0.2) is 6.61 Å². The van der Waals surface area contributed by atoms with E-state index in [2.05, 4.69) is 4.98 Å². The minimum Gasteiger partial charge on any atom is -0.454 e. The average molecular weight is 397 g/mol. The molecule has 2 amide bonds. The zero-order valence-corrected chi connectivity index (χ0v) is 15.6. The Labute approximate surface area is 158 Å². The minimum absolute atomic E-state index is 0.100. The largest absolute Gasteiger partial charge is 0.454 e. The van der Waals surface area contributed by atoms with E-state index in [9.17, 15) is 14.4 Å². The molecule has 9 heteroatoms. The molecular weight excluding hydrogens is 383 g/mol. The highest BCUT2D eigenvalue weighted by Gasteiger charge is 2.42. The summed E-state index contributed by atoms with van der Waals surface area (Å²) in [5.74, 6) is -1.16. The summed E-state index contributed by atoms with van der Waals surface area (Å²) in [7, 11) is 0. The van der Waals surface area contributed by atoms with Gasteiger partial charge in [-0.1, -0.05) is 23.2 Å². The van der Waals surface area contributed by atoms with Crippen LogP contribution in [-0.4, -0.2) is 33.7 Å². The van der Waals surface area contributed by atoms with Crippen LogP contribution >= 0.6 is 23.2 Å². The number of hydrogen-bond acceptors (Lipinski definition) is 6. The summed E-state index contributed by atoms with van der Waals surface area (Å²) in [5, 5.41) is 0.302. The molecule has 2 aromatic rings. The fourth-order valence-corrected chi connectivity index (χ4v) is 2.89. The van der Waals surface area contributed by atoms with Crippen LogP contribution in [0.25, 0.3) is 0 Å². The third-order valence-corrected chi connectivity index (χ3v) is 4.82. The number of imide groups is 1. The van der Waals surface area contributed by atoms with Gasteiger partial charge in [0.05, 0.1) is 26.9 Å².